The number of aromatic nitrogens is 1. The third-order valence-corrected chi connectivity index (χ3v) is 6.94. The van der Waals surface area contributed by atoms with Crippen molar-refractivity contribution in [1.82, 2.24) is 20.5 Å². The van der Waals surface area contributed by atoms with Crippen LogP contribution in [-0.2, 0) is 29.4 Å². The molecule has 2 heterocycles. The second-order valence-electron chi connectivity index (χ2n) is 6.27. The minimum Gasteiger partial charge on any atom is -0.361 e. The zero-order valence-corrected chi connectivity index (χ0v) is 21.4. The Labute approximate surface area is 194 Å². The van der Waals surface area contributed by atoms with Crippen LogP contribution in [0.25, 0.3) is 0 Å². The second-order valence-corrected chi connectivity index (χ2v) is 9.46. The van der Waals surface area contributed by atoms with Crippen molar-refractivity contribution in [3.63, 3.8) is 0 Å². The highest BCUT2D eigenvalue weighted by atomic mass is 127. The van der Waals surface area contributed by atoms with Gasteiger partial charge in [0, 0.05) is 48.4 Å². The minimum atomic E-state index is -3.50. The molecule has 0 fully saturated rings. The highest BCUT2D eigenvalue weighted by Gasteiger charge is 2.18. The lowest BCUT2D eigenvalue weighted by molar-refractivity contribution is 0.380. The van der Waals surface area contributed by atoms with Crippen molar-refractivity contribution >= 4 is 51.3 Å². The van der Waals surface area contributed by atoms with Crippen LogP contribution >= 0.6 is 35.3 Å². The van der Waals surface area contributed by atoms with Gasteiger partial charge in [-0.1, -0.05) is 19.0 Å². The van der Waals surface area contributed by atoms with E-state index in [4.69, 9.17) is 4.52 Å². The van der Waals surface area contributed by atoms with E-state index in [1.807, 2.05) is 27.7 Å². The molecule has 0 bridgehead atoms. The van der Waals surface area contributed by atoms with Gasteiger partial charge in [0.1, 0.15) is 5.76 Å². The van der Waals surface area contributed by atoms with Crippen LogP contribution < -0.4 is 15.4 Å². The predicted molar refractivity (Wildman–Crippen MR) is 128 cm³/mol. The van der Waals surface area contributed by atoms with Gasteiger partial charge in [-0.25, -0.2) is 13.1 Å². The van der Waals surface area contributed by atoms with Crippen molar-refractivity contribution in [2.24, 2.45) is 4.99 Å². The molecule has 0 saturated carbocycles. The average molecular weight is 556 g/mol. The molecule has 164 valence electrons. The summed E-state index contributed by atoms with van der Waals surface area (Å²) in [4.78, 5) is 6.30. The van der Waals surface area contributed by atoms with E-state index in [1.54, 1.807) is 13.1 Å². The first kappa shape index (κ1) is 25.9. The van der Waals surface area contributed by atoms with Crippen LogP contribution in [0.5, 0.6) is 0 Å². The first-order valence-electron chi connectivity index (χ1n) is 9.29. The van der Waals surface area contributed by atoms with Crippen LogP contribution in [0.15, 0.2) is 20.5 Å². The summed E-state index contributed by atoms with van der Waals surface area (Å²) in [5.41, 5.74) is 1.99. The van der Waals surface area contributed by atoms with Crippen LogP contribution in [-0.4, -0.2) is 39.7 Å². The van der Waals surface area contributed by atoms with Gasteiger partial charge in [-0.05, 0) is 26.3 Å². The Morgan fingerprint density at radius 3 is 2.48 bits per heavy atom. The van der Waals surface area contributed by atoms with Gasteiger partial charge in [0.05, 0.1) is 10.6 Å². The van der Waals surface area contributed by atoms with Crippen molar-refractivity contribution in [3.05, 3.63) is 32.8 Å². The van der Waals surface area contributed by atoms with Crippen molar-refractivity contribution in [2.75, 3.05) is 20.1 Å². The van der Waals surface area contributed by atoms with Crippen molar-refractivity contribution < 1.29 is 12.9 Å². The Kier molecular flexibility index (Phi) is 10.6. The summed E-state index contributed by atoms with van der Waals surface area (Å²) < 4.78 is 32.8. The maximum absolute atomic E-state index is 12.4. The Balaban J connectivity index is 0.00000420. The molecular weight excluding hydrogens is 525 g/mol. The van der Waals surface area contributed by atoms with Gasteiger partial charge in [0.15, 0.2) is 5.96 Å². The van der Waals surface area contributed by atoms with E-state index in [0.29, 0.717) is 23.9 Å². The van der Waals surface area contributed by atoms with Gasteiger partial charge >= 0.3 is 0 Å². The highest BCUT2D eigenvalue weighted by molar-refractivity contribution is 14.0. The lowest BCUT2D eigenvalue weighted by Gasteiger charge is -2.13. The summed E-state index contributed by atoms with van der Waals surface area (Å²) in [5.74, 6) is 1.46. The van der Waals surface area contributed by atoms with Crippen molar-refractivity contribution in [1.29, 1.82) is 0 Å². The molecule has 8 nitrogen and oxygen atoms in total. The summed E-state index contributed by atoms with van der Waals surface area (Å²) in [6.07, 6.45) is 1.58. The quantitative estimate of drug-likeness (QED) is 0.190. The van der Waals surface area contributed by atoms with Crippen molar-refractivity contribution in [3.8, 4) is 0 Å². The summed E-state index contributed by atoms with van der Waals surface area (Å²) in [5, 5.41) is 10.4. The van der Waals surface area contributed by atoms with Gasteiger partial charge < -0.3 is 15.2 Å². The molecule has 3 N–H and O–H groups in total. The zero-order valence-electron chi connectivity index (χ0n) is 17.5. The smallest absolute Gasteiger partial charge is 0.241 e. The number of nitrogens with one attached hydrogen (secondary N) is 3. The SMILES string of the molecule is CCc1noc(CC)c1CNC(=NC)NCCNS(=O)(=O)c1cc(C)sc1C.I. The van der Waals surface area contributed by atoms with E-state index >= 15 is 0 Å². The average Bonchev–Trinajstić information content (AvgIpc) is 3.23. The third-order valence-electron chi connectivity index (χ3n) is 4.26. The minimum absolute atomic E-state index is 0. The fraction of sp³-hybridized carbons (Fsp3) is 0.556. The zero-order chi connectivity index (χ0) is 20.7. The molecule has 0 radical (unpaired) electrons. The molecule has 0 aliphatic rings. The van der Waals surface area contributed by atoms with Gasteiger partial charge in [0.2, 0.25) is 10.0 Å². The largest absolute Gasteiger partial charge is 0.361 e. The molecule has 0 aliphatic heterocycles. The Morgan fingerprint density at radius 1 is 1.21 bits per heavy atom. The first-order valence-corrected chi connectivity index (χ1v) is 11.6. The van der Waals surface area contributed by atoms with Gasteiger partial charge in [0.25, 0.3) is 0 Å². The lowest BCUT2D eigenvalue weighted by atomic mass is 10.1. The number of halogens is 1. The molecule has 2 rings (SSSR count). The van der Waals surface area contributed by atoms with Crippen LogP contribution in [0.3, 0.4) is 0 Å². The van der Waals surface area contributed by atoms with Crippen LogP contribution in [0.1, 0.15) is 40.6 Å². The highest BCUT2D eigenvalue weighted by Crippen LogP contribution is 2.24. The Bertz CT molecular complexity index is 901. The molecule has 0 aromatic carbocycles. The predicted octanol–water partition coefficient (Wildman–Crippen LogP) is 2.74. The molecule has 0 saturated heterocycles. The van der Waals surface area contributed by atoms with E-state index in [9.17, 15) is 8.42 Å². The van der Waals surface area contributed by atoms with Crippen LogP contribution in [0, 0.1) is 13.8 Å². The van der Waals surface area contributed by atoms with Gasteiger partial charge in [-0.3, -0.25) is 4.99 Å². The normalized spacial score (nSPS) is 12.0. The summed E-state index contributed by atoms with van der Waals surface area (Å²) in [7, 11) is -1.83. The maximum atomic E-state index is 12.4. The number of aryl methyl sites for hydroxylation is 4. The number of hydrogen-bond acceptors (Lipinski definition) is 6. The molecule has 0 unspecified atom stereocenters. The molecule has 0 amide bonds. The number of nitrogens with zero attached hydrogens (tertiary/aromatic N) is 2. The van der Waals surface area contributed by atoms with Crippen LogP contribution in [0.2, 0.25) is 0 Å². The molecule has 0 aliphatic carbocycles. The molecule has 0 spiro atoms. The first-order chi connectivity index (χ1) is 13.3. The number of rotatable bonds is 9. The number of hydrogen-bond donors (Lipinski definition) is 3. The van der Waals surface area contributed by atoms with E-state index in [1.165, 1.54) is 11.3 Å². The third kappa shape index (κ3) is 6.93. The topological polar surface area (TPSA) is 109 Å². The second kappa shape index (κ2) is 11.9. The molecule has 11 heteroatoms. The number of guanidine groups is 1. The standard InChI is InChI=1S/C18H29N5O3S2.HI/c1-6-15-14(16(7-2)26-23-15)11-21-18(19-5)20-8-9-22-28(24,25)17-10-12(3)27-13(17)4;/h10,22H,6-9,11H2,1-5H3,(H2,19,20,21);1H. The molecule has 2 aromatic heterocycles. The fourth-order valence-corrected chi connectivity index (χ4v) is 5.43. The van der Waals surface area contributed by atoms with Crippen molar-refractivity contribution in [2.45, 2.75) is 52.0 Å². The maximum Gasteiger partial charge on any atom is 0.241 e. The molecule has 29 heavy (non-hydrogen) atoms. The summed E-state index contributed by atoms with van der Waals surface area (Å²) >= 11 is 1.48. The molecule has 2 aromatic rings. The van der Waals surface area contributed by atoms with Crippen LogP contribution in [0.4, 0.5) is 0 Å². The monoisotopic (exact) mass is 555 g/mol. The summed E-state index contributed by atoms with van der Waals surface area (Å²) in [6, 6.07) is 1.70. The number of aliphatic imine (C=N–C) groups is 1. The van der Waals surface area contributed by atoms with Gasteiger partial charge in [-0.15, -0.1) is 35.3 Å². The molecule has 0 atom stereocenters. The van der Waals surface area contributed by atoms with E-state index in [0.717, 1.165) is 39.6 Å². The fourth-order valence-electron chi connectivity index (χ4n) is 2.85. The molecular formula is C18H30IN5O3S2. The number of thiophene rings is 1. The van der Waals surface area contributed by atoms with E-state index < -0.39 is 10.0 Å². The lowest BCUT2D eigenvalue weighted by Crippen LogP contribution is -2.41. The Morgan fingerprint density at radius 2 is 1.93 bits per heavy atom. The Hall–Kier alpha value is -1.18. The van der Waals surface area contributed by atoms with Gasteiger partial charge in [-0.2, -0.15) is 0 Å². The van der Waals surface area contributed by atoms with E-state index in [2.05, 4.69) is 25.5 Å². The number of sulfonamides is 1. The summed E-state index contributed by atoms with van der Waals surface area (Å²) in [6.45, 7) is 9.00. The van der Waals surface area contributed by atoms with E-state index in [-0.39, 0.29) is 30.5 Å².